The van der Waals surface area contributed by atoms with Gasteiger partial charge in [-0.15, -0.1) is 0 Å². The number of carbonyl (C=O) groups is 1. The molecule has 2 rings (SSSR count). The van der Waals surface area contributed by atoms with Crippen molar-refractivity contribution in [2.24, 2.45) is 5.16 Å². The van der Waals surface area contributed by atoms with Crippen LogP contribution in [0.2, 0.25) is 5.02 Å². The number of nitrogens with zero attached hydrogens (tertiary/aromatic N) is 1. The summed E-state index contributed by atoms with van der Waals surface area (Å²) in [5.74, 6) is -0.692. The van der Waals surface area contributed by atoms with Crippen LogP contribution in [-0.4, -0.2) is 31.0 Å². The quantitative estimate of drug-likeness (QED) is 0.475. The summed E-state index contributed by atoms with van der Waals surface area (Å²) in [6.07, 6.45) is 1.17. The average Bonchev–Trinajstić information content (AvgIpc) is 2.56. The van der Waals surface area contributed by atoms with Gasteiger partial charge in [0.2, 0.25) is 0 Å². The number of hydrogen-bond donors (Lipinski definition) is 2. The van der Waals surface area contributed by atoms with Crippen molar-refractivity contribution in [3.05, 3.63) is 52.8 Å². The third-order valence-electron chi connectivity index (χ3n) is 2.95. The maximum Gasteiger partial charge on any atom is 0.262 e. The molecule has 0 atom stereocenters. The number of hydrogen-bond acceptors (Lipinski definition) is 5. The van der Waals surface area contributed by atoms with Crippen LogP contribution in [0.1, 0.15) is 5.56 Å². The minimum Gasteiger partial charge on any atom is -0.493 e. The van der Waals surface area contributed by atoms with Crippen LogP contribution >= 0.6 is 11.6 Å². The number of benzene rings is 2. The first-order valence-corrected chi connectivity index (χ1v) is 7.15. The number of carbonyl (C=O) groups excluding carboxylic acids is 1. The Labute approximate surface area is 142 Å². The Hall–Kier alpha value is -2.80. The zero-order valence-electron chi connectivity index (χ0n) is 12.6. The lowest BCUT2D eigenvalue weighted by Gasteiger charge is -2.13. The van der Waals surface area contributed by atoms with E-state index in [2.05, 4.69) is 10.5 Å². The summed E-state index contributed by atoms with van der Waals surface area (Å²) < 4.78 is 24.0. The molecule has 0 saturated carbocycles. The van der Waals surface area contributed by atoms with Gasteiger partial charge < -0.3 is 20.0 Å². The van der Waals surface area contributed by atoms with Crippen LogP contribution in [0, 0.1) is 5.82 Å². The first-order chi connectivity index (χ1) is 11.5. The molecule has 0 radical (unpaired) electrons. The van der Waals surface area contributed by atoms with Gasteiger partial charge in [-0.2, -0.15) is 0 Å². The van der Waals surface area contributed by atoms with Crippen LogP contribution in [0.15, 0.2) is 41.6 Å². The number of oxime groups is 1. The fourth-order valence-corrected chi connectivity index (χ4v) is 2.18. The number of amides is 1. The lowest BCUT2D eigenvalue weighted by atomic mass is 10.2. The number of rotatable bonds is 6. The largest absolute Gasteiger partial charge is 0.493 e. The molecule has 0 bridgehead atoms. The van der Waals surface area contributed by atoms with Crippen molar-refractivity contribution in [2.75, 3.05) is 19.0 Å². The summed E-state index contributed by atoms with van der Waals surface area (Å²) >= 11 is 6.08. The Bertz CT molecular complexity index is 768. The number of anilines is 1. The van der Waals surface area contributed by atoms with Crippen molar-refractivity contribution < 1.29 is 23.9 Å². The Morgan fingerprint density at radius 2 is 2.17 bits per heavy atom. The fourth-order valence-electron chi connectivity index (χ4n) is 1.91. The highest BCUT2D eigenvalue weighted by Gasteiger charge is 2.14. The van der Waals surface area contributed by atoms with E-state index in [0.29, 0.717) is 5.56 Å². The fraction of sp³-hybridized carbons (Fsp3) is 0.125. The monoisotopic (exact) mass is 352 g/mol. The topological polar surface area (TPSA) is 80.2 Å². The number of methoxy groups -OCH3 is 1. The Morgan fingerprint density at radius 1 is 1.42 bits per heavy atom. The summed E-state index contributed by atoms with van der Waals surface area (Å²) in [6, 6.07) is 8.79. The zero-order chi connectivity index (χ0) is 17.5. The standard InChI is InChI=1S/C16H14ClFN2O4/c1-23-14-7-10(8-19-22)6-11(17)16(14)24-9-15(21)20-13-5-3-2-4-12(13)18/h2-8,22H,9H2,1H3,(H,20,21)/b19-8+. The molecule has 2 aromatic rings. The second-order valence-electron chi connectivity index (χ2n) is 4.60. The number of halogens is 2. The van der Waals surface area contributed by atoms with Crippen molar-refractivity contribution in [1.82, 2.24) is 0 Å². The maximum absolute atomic E-state index is 13.5. The molecule has 0 aliphatic heterocycles. The number of ether oxygens (including phenoxy) is 2. The molecule has 0 aliphatic carbocycles. The maximum atomic E-state index is 13.5. The predicted molar refractivity (Wildman–Crippen MR) is 87.9 cm³/mol. The van der Waals surface area contributed by atoms with Gasteiger partial charge in [0.25, 0.3) is 5.91 Å². The minimum atomic E-state index is -0.556. The molecule has 126 valence electrons. The number of para-hydroxylation sites is 1. The van der Waals surface area contributed by atoms with Crippen molar-refractivity contribution in [3.8, 4) is 11.5 Å². The first kappa shape index (κ1) is 17.6. The second-order valence-corrected chi connectivity index (χ2v) is 5.00. The highest BCUT2D eigenvalue weighted by atomic mass is 35.5. The van der Waals surface area contributed by atoms with Crippen LogP contribution in [0.25, 0.3) is 0 Å². The van der Waals surface area contributed by atoms with E-state index >= 15 is 0 Å². The van der Waals surface area contributed by atoms with Gasteiger partial charge >= 0.3 is 0 Å². The molecule has 0 fully saturated rings. The molecule has 24 heavy (non-hydrogen) atoms. The second kappa shape index (κ2) is 8.16. The van der Waals surface area contributed by atoms with Crippen LogP contribution in [0.5, 0.6) is 11.5 Å². The summed E-state index contributed by atoms with van der Waals surface area (Å²) in [7, 11) is 1.40. The molecule has 8 heteroatoms. The molecule has 0 unspecified atom stereocenters. The van der Waals surface area contributed by atoms with Gasteiger partial charge in [0.1, 0.15) is 5.82 Å². The molecule has 0 heterocycles. The highest BCUT2D eigenvalue weighted by molar-refractivity contribution is 6.32. The molecule has 6 nitrogen and oxygen atoms in total. The van der Waals surface area contributed by atoms with E-state index < -0.39 is 18.3 Å². The van der Waals surface area contributed by atoms with Crippen molar-refractivity contribution in [2.45, 2.75) is 0 Å². The summed E-state index contributed by atoms with van der Waals surface area (Å²) in [5, 5.41) is 14.0. The summed E-state index contributed by atoms with van der Waals surface area (Å²) in [5.41, 5.74) is 0.543. The van der Waals surface area contributed by atoms with Crippen LogP contribution < -0.4 is 14.8 Å². The van der Waals surface area contributed by atoms with Crippen molar-refractivity contribution >= 4 is 29.4 Å². The highest BCUT2D eigenvalue weighted by Crippen LogP contribution is 2.36. The lowest BCUT2D eigenvalue weighted by Crippen LogP contribution is -2.21. The number of nitrogens with one attached hydrogen (secondary N) is 1. The molecule has 2 aromatic carbocycles. The lowest BCUT2D eigenvalue weighted by molar-refractivity contribution is -0.118. The van der Waals surface area contributed by atoms with Crippen LogP contribution in [0.4, 0.5) is 10.1 Å². The van der Waals surface area contributed by atoms with E-state index in [1.165, 1.54) is 43.7 Å². The third kappa shape index (κ3) is 4.36. The van der Waals surface area contributed by atoms with E-state index in [1.807, 2.05) is 0 Å². The van der Waals surface area contributed by atoms with E-state index in [0.717, 1.165) is 0 Å². The molecule has 0 aromatic heterocycles. The smallest absolute Gasteiger partial charge is 0.262 e. The van der Waals surface area contributed by atoms with E-state index in [9.17, 15) is 9.18 Å². The van der Waals surface area contributed by atoms with Gasteiger partial charge in [-0.25, -0.2) is 4.39 Å². The Balaban J connectivity index is 2.08. The Kier molecular flexibility index (Phi) is 5.97. The molecule has 1 amide bonds. The summed E-state index contributed by atoms with van der Waals surface area (Å²) in [6.45, 7) is -0.391. The van der Waals surface area contributed by atoms with Gasteiger partial charge in [0.15, 0.2) is 18.1 Å². The van der Waals surface area contributed by atoms with Gasteiger partial charge in [-0.3, -0.25) is 4.79 Å². The van der Waals surface area contributed by atoms with Crippen molar-refractivity contribution in [3.63, 3.8) is 0 Å². The third-order valence-corrected chi connectivity index (χ3v) is 3.23. The zero-order valence-corrected chi connectivity index (χ0v) is 13.4. The molecule has 2 N–H and O–H groups in total. The predicted octanol–water partition coefficient (Wildman–Crippen LogP) is 3.31. The normalized spacial score (nSPS) is 10.6. The molecule has 0 saturated heterocycles. The molecule has 0 aliphatic rings. The molecular formula is C16H14ClFN2O4. The van der Waals surface area contributed by atoms with E-state index in [-0.39, 0.29) is 22.2 Å². The molecular weight excluding hydrogens is 339 g/mol. The van der Waals surface area contributed by atoms with Crippen LogP contribution in [-0.2, 0) is 4.79 Å². The van der Waals surface area contributed by atoms with Gasteiger partial charge in [0, 0.05) is 5.56 Å². The van der Waals surface area contributed by atoms with E-state index in [1.54, 1.807) is 6.07 Å². The van der Waals surface area contributed by atoms with Crippen molar-refractivity contribution in [1.29, 1.82) is 0 Å². The van der Waals surface area contributed by atoms with E-state index in [4.69, 9.17) is 26.3 Å². The van der Waals surface area contributed by atoms with Gasteiger partial charge in [0.05, 0.1) is 24.0 Å². The first-order valence-electron chi connectivity index (χ1n) is 6.77. The molecule has 0 spiro atoms. The SMILES string of the molecule is COc1cc(/C=N/O)cc(Cl)c1OCC(=O)Nc1ccccc1F. The van der Waals surface area contributed by atoms with Gasteiger partial charge in [-0.05, 0) is 24.3 Å². The van der Waals surface area contributed by atoms with Crippen LogP contribution in [0.3, 0.4) is 0 Å². The minimum absolute atomic E-state index is 0.0543. The van der Waals surface area contributed by atoms with Gasteiger partial charge in [-0.1, -0.05) is 28.9 Å². The Morgan fingerprint density at radius 3 is 2.83 bits per heavy atom. The summed E-state index contributed by atoms with van der Waals surface area (Å²) in [4.78, 5) is 11.9. The average molecular weight is 353 g/mol.